The van der Waals surface area contributed by atoms with Crippen LogP contribution in [0.3, 0.4) is 0 Å². The topological polar surface area (TPSA) is 107 Å². The smallest absolute Gasteiger partial charge is 0.410 e. The van der Waals surface area contributed by atoms with Crippen LogP contribution in [0.4, 0.5) is 4.79 Å². The first-order valence-corrected chi connectivity index (χ1v) is 10.8. The molecule has 0 spiro atoms. The number of carbonyl (C=O) groups is 3. The van der Waals surface area contributed by atoms with Crippen molar-refractivity contribution in [3.8, 4) is 0 Å². The number of likely N-dealkylation sites (tertiary alicyclic amines) is 1. The van der Waals surface area contributed by atoms with Gasteiger partial charge in [0.15, 0.2) is 0 Å². The number of hydrogen-bond acceptors (Lipinski definition) is 5. The van der Waals surface area contributed by atoms with Gasteiger partial charge in [0.2, 0.25) is 0 Å². The summed E-state index contributed by atoms with van der Waals surface area (Å²) in [6, 6.07) is 8.19. The van der Waals surface area contributed by atoms with Crippen molar-refractivity contribution < 1.29 is 29.3 Å². The molecule has 1 aliphatic heterocycles. The van der Waals surface area contributed by atoms with E-state index in [2.05, 4.69) is 12.1 Å². The van der Waals surface area contributed by atoms with Crippen LogP contribution in [-0.2, 0) is 20.9 Å². The second kappa shape index (κ2) is 11.1. The van der Waals surface area contributed by atoms with E-state index in [9.17, 15) is 14.4 Å². The molecule has 0 aliphatic carbocycles. The fourth-order valence-corrected chi connectivity index (χ4v) is 3.65. The van der Waals surface area contributed by atoms with Crippen molar-refractivity contribution in [2.24, 2.45) is 0 Å². The molecule has 1 aromatic carbocycles. The molecule has 0 unspecified atom stereocenters. The minimum absolute atomic E-state index is 0.0199. The summed E-state index contributed by atoms with van der Waals surface area (Å²) in [5.74, 6) is -1.41. The zero-order chi connectivity index (χ0) is 23.0. The third-order valence-corrected chi connectivity index (χ3v) is 5.29. The maximum absolute atomic E-state index is 12.2. The fourth-order valence-electron chi connectivity index (χ4n) is 3.65. The second-order valence-electron chi connectivity index (χ2n) is 9.05. The zero-order valence-corrected chi connectivity index (χ0v) is 18.7. The van der Waals surface area contributed by atoms with Crippen LogP contribution < -0.4 is 0 Å². The molecular weight excluding hydrogens is 400 g/mol. The van der Waals surface area contributed by atoms with E-state index in [1.54, 1.807) is 4.90 Å². The summed E-state index contributed by atoms with van der Waals surface area (Å²) >= 11 is 0. The molecule has 1 saturated heterocycles. The van der Waals surface area contributed by atoms with Gasteiger partial charge in [0.25, 0.3) is 0 Å². The quantitative estimate of drug-likeness (QED) is 0.612. The van der Waals surface area contributed by atoms with Gasteiger partial charge >= 0.3 is 18.0 Å². The summed E-state index contributed by atoms with van der Waals surface area (Å²) in [5.41, 5.74) is 1.74. The molecule has 31 heavy (non-hydrogen) atoms. The van der Waals surface area contributed by atoms with E-state index in [4.69, 9.17) is 14.9 Å². The van der Waals surface area contributed by atoms with Crippen LogP contribution in [-0.4, -0.2) is 69.8 Å². The van der Waals surface area contributed by atoms with E-state index < -0.39 is 17.5 Å². The van der Waals surface area contributed by atoms with Crippen molar-refractivity contribution in [2.45, 2.75) is 64.5 Å². The predicted molar refractivity (Wildman–Crippen MR) is 116 cm³/mol. The molecule has 0 bridgehead atoms. The Bertz CT molecular complexity index is 730. The van der Waals surface area contributed by atoms with Crippen molar-refractivity contribution in [1.29, 1.82) is 0 Å². The Hall–Kier alpha value is -2.61. The number of ether oxygens (including phenoxy) is 1. The number of piperidine rings is 1. The molecule has 2 rings (SSSR count). The summed E-state index contributed by atoms with van der Waals surface area (Å²) < 4.78 is 5.45. The molecule has 1 fully saturated rings. The Balaban J connectivity index is 1.90. The average Bonchev–Trinajstić information content (AvgIpc) is 2.69. The molecule has 8 heteroatoms. The first kappa shape index (κ1) is 24.7. The van der Waals surface area contributed by atoms with E-state index >= 15 is 0 Å². The highest BCUT2D eigenvalue weighted by atomic mass is 16.6. The van der Waals surface area contributed by atoms with Crippen LogP contribution in [0.25, 0.3) is 0 Å². The molecule has 0 atom stereocenters. The first-order valence-electron chi connectivity index (χ1n) is 10.8. The number of benzene rings is 1. The lowest BCUT2D eigenvalue weighted by Crippen LogP contribution is -2.41. The fraction of sp³-hybridized carbons (Fsp3) is 0.609. The Labute approximate surface area is 183 Å². The van der Waals surface area contributed by atoms with Gasteiger partial charge < -0.3 is 19.8 Å². The monoisotopic (exact) mass is 434 g/mol. The summed E-state index contributed by atoms with van der Waals surface area (Å²) in [7, 11) is 0. The largest absolute Gasteiger partial charge is 0.481 e. The van der Waals surface area contributed by atoms with Crippen molar-refractivity contribution in [3.63, 3.8) is 0 Å². The maximum Gasteiger partial charge on any atom is 0.410 e. The van der Waals surface area contributed by atoms with Gasteiger partial charge in [-0.3, -0.25) is 14.5 Å². The lowest BCUT2D eigenvalue weighted by atomic mass is 9.89. The average molecular weight is 435 g/mol. The third kappa shape index (κ3) is 8.96. The number of aliphatic carboxylic acids is 2. The Morgan fingerprint density at radius 1 is 1.00 bits per heavy atom. The molecule has 0 saturated carbocycles. The Kier molecular flexibility index (Phi) is 8.86. The molecule has 1 aliphatic rings. The summed E-state index contributed by atoms with van der Waals surface area (Å²) in [4.78, 5) is 37.6. The van der Waals surface area contributed by atoms with Crippen LogP contribution in [0.2, 0.25) is 0 Å². The SMILES string of the molecule is CC(C)(C)OC(=O)N1CCC(c2ccc(CN(CCC(=O)O)CCC(=O)O)cc2)CC1. The first-order chi connectivity index (χ1) is 14.5. The van der Waals surface area contributed by atoms with Crippen molar-refractivity contribution >= 4 is 18.0 Å². The third-order valence-electron chi connectivity index (χ3n) is 5.29. The predicted octanol–water partition coefficient (Wildman–Crippen LogP) is 3.55. The lowest BCUT2D eigenvalue weighted by Gasteiger charge is -2.33. The van der Waals surface area contributed by atoms with E-state index in [0.717, 1.165) is 18.4 Å². The molecule has 1 amide bonds. The van der Waals surface area contributed by atoms with E-state index in [-0.39, 0.29) is 18.9 Å². The van der Waals surface area contributed by atoms with Crippen LogP contribution in [0, 0.1) is 0 Å². The number of carbonyl (C=O) groups excluding carboxylic acids is 1. The molecule has 172 valence electrons. The standard InChI is InChI=1S/C23H34N2O6/c1-23(2,3)31-22(30)25-14-8-19(9-15-25)18-6-4-17(5-7-18)16-24(12-10-20(26)27)13-11-21(28)29/h4-7,19H,8-16H2,1-3H3,(H,26,27)(H,28,29). The van der Waals surface area contributed by atoms with Crippen LogP contribution in [0.1, 0.15) is 63.5 Å². The highest BCUT2D eigenvalue weighted by molar-refractivity contribution is 5.68. The van der Waals surface area contributed by atoms with Crippen molar-refractivity contribution in [2.75, 3.05) is 26.2 Å². The van der Waals surface area contributed by atoms with Gasteiger partial charge in [0.1, 0.15) is 5.60 Å². The number of carboxylic acid groups (broad SMARTS) is 2. The van der Waals surface area contributed by atoms with E-state index in [0.29, 0.717) is 38.6 Å². The Morgan fingerprint density at radius 3 is 1.97 bits per heavy atom. The van der Waals surface area contributed by atoms with Gasteiger partial charge in [-0.15, -0.1) is 0 Å². The van der Waals surface area contributed by atoms with Crippen molar-refractivity contribution in [3.05, 3.63) is 35.4 Å². The highest BCUT2D eigenvalue weighted by Crippen LogP contribution is 2.29. The van der Waals surface area contributed by atoms with Crippen molar-refractivity contribution in [1.82, 2.24) is 9.80 Å². The summed E-state index contributed by atoms with van der Waals surface area (Å²) in [6.45, 7) is 8.06. The number of nitrogens with zero attached hydrogens (tertiary/aromatic N) is 2. The molecule has 0 radical (unpaired) electrons. The molecule has 1 heterocycles. The number of rotatable bonds is 9. The van der Waals surface area contributed by atoms with Gasteiger partial charge in [-0.25, -0.2) is 4.79 Å². The van der Waals surface area contributed by atoms with Gasteiger partial charge in [-0.2, -0.15) is 0 Å². The normalized spacial score (nSPS) is 15.2. The number of hydrogen-bond donors (Lipinski definition) is 2. The number of carboxylic acids is 2. The molecule has 8 nitrogen and oxygen atoms in total. The second-order valence-corrected chi connectivity index (χ2v) is 9.05. The zero-order valence-electron chi connectivity index (χ0n) is 18.7. The minimum atomic E-state index is -0.895. The van der Waals surface area contributed by atoms with E-state index in [1.807, 2.05) is 37.8 Å². The van der Waals surface area contributed by atoms with Gasteiger partial charge in [-0.1, -0.05) is 24.3 Å². The lowest BCUT2D eigenvalue weighted by molar-refractivity contribution is -0.137. The van der Waals surface area contributed by atoms with Gasteiger partial charge in [-0.05, 0) is 50.7 Å². The summed E-state index contributed by atoms with van der Waals surface area (Å²) in [5, 5.41) is 17.8. The minimum Gasteiger partial charge on any atom is -0.481 e. The van der Waals surface area contributed by atoms with Crippen LogP contribution in [0.5, 0.6) is 0 Å². The van der Waals surface area contributed by atoms with E-state index in [1.165, 1.54) is 5.56 Å². The molecular formula is C23H34N2O6. The maximum atomic E-state index is 12.2. The Morgan fingerprint density at radius 2 is 1.52 bits per heavy atom. The highest BCUT2D eigenvalue weighted by Gasteiger charge is 2.27. The van der Waals surface area contributed by atoms with Crippen LogP contribution >= 0.6 is 0 Å². The van der Waals surface area contributed by atoms with Crippen LogP contribution in [0.15, 0.2) is 24.3 Å². The molecule has 1 aromatic rings. The van der Waals surface area contributed by atoms with Gasteiger partial charge in [0.05, 0.1) is 12.8 Å². The molecule has 2 N–H and O–H groups in total. The summed E-state index contributed by atoms with van der Waals surface area (Å²) in [6.07, 6.45) is 1.45. The molecule has 0 aromatic heterocycles. The number of amides is 1. The van der Waals surface area contributed by atoms with Gasteiger partial charge in [0, 0.05) is 32.7 Å².